The molecule has 0 saturated carbocycles. The Bertz CT molecular complexity index is 347. The lowest BCUT2D eigenvalue weighted by Gasteiger charge is -2.12. The van der Waals surface area contributed by atoms with Gasteiger partial charge in [0.2, 0.25) is 0 Å². The van der Waals surface area contributed by atoms with Crippen LogP contribution in [-0.2, 0) is 12.0 Å². The third kappa shape index (κ3) is 6.74. The molecule has 0 spiro atoms. The first-order valence-corrected chi connectivity index (χ1v) is 7.80. The molecule has 0 fully saturated rings. The second kappa shape index (κ2) is 7.66. The molecule has 0 aliphatic heterocycles. The van der Waals surface area contributed by atoms with Crippen LogP contribution in [0.25, 0.3) is 0 Å². The Labute approximate surface area is 118 Å². The molecule has 0 radical (unpaired) electrons. The Hall–Kier alpha value is -0.860. The summed E-state index contributed by atoms with van der Waals surface area (Å²) in [7, 11) is 0. The zero-order valence-electron chi connectivity index (χ0n) is 13.4. The minimum atomic E-state index is 0.106. The average Bonchev–Trinajstić information content (AvgIpc) is 2.75. The highest BCUT2D eigenvalue weighted by atomic mass is 15.4. The van der Waals surface area contributed by atoms with E-state index >= 15 is 0 Å². The van der Waals surface area contributed by atoms with E-state index in [0.29, 0.717) is 0 Å². The highest BCUT2D eigenvalue weighted by molar-refractivity contribution is 5.06. The van der Waals surface area contributed by atoms with Gasteiger partial charge in [-0.3, -0.25) is 4.68 Å². The third-order valence-corrected chi connectivity index (χ3v) is 3.48. The molecule has 0 amide bonds. The van der Waals surface area contributed by atoms with Gasteiger partial charge in [0.15, 0.2) is 0 Å². The zero-order chi connectivity index (χ0) is 14.3. The van der Waals surface area contributed by atoms with Crippen molar-refractivity contribution >= 4 is 0 Å². The van der Waals surface area contributed by atoms with Gasteiger partial charge in [0, 0.05) is 18.2 Å². The number of aromatic nitrogens is 3. The molecule has 1 aromatic heterocycles. The van der Waals surface area contributed by atoms with Gasteiger partial charge in [0.1, 0.15) is 0 Å². The molecular weight excluding hydrogens is 234 g/mol. The van der Waals surface area contributed by atoms with Crippen LogP contribution in [0.15, 0.2) is 6.20 Å². The topological polar surface area (TPSA) is 30.7 Å². The first-order chi connectivity index (χ1) is 8.89. The summed E-state index contributed by atoms with van der Waals surface area (Å²) >= 11 is 0. The molecule has 0 saturated heterocycles. The Kier molecular flexibility index (Phi) is 6.53. The number of nitrogens with zero attached hydrogens (tertiary/aromatic N) is 3. The van der Waals surface area contributed by atoms with Crippen LogP contribution in [0.2, 0.25) is 0 Å². The van der Waals surface area contributed by atoms with E-state index in [-0.39, 0.29) is 5.41 Å². The van der Waals surface area contributed by atoms with Crippen LogP contribution < -0.4 is 0 Å². The Morgan fingerprint density at radius 1 is 1.05 bits per heavy atom. The third-order valence-electron chi connectivity index (χ3n) is 3.48. The lowest BCUT2D eigenvalue weighted by molar-refractivity contribution is 0.490. The zero-order valence-corrected chi connectivity index (χ0v) is 13.4. The van der Waals surface area contributed by atoms with Crippen LogP contribution in [0.1, 0.15) is 78.8 Å². The molecule has 0 unspecified atom stereocenters. The van der Waals surface area contributed by atoms with Crippen molar-refractivity contribution in [2.24, 2.45) is 5.92 Å². The molecular formula is C16H31N3. The van der Waals surface area contributed by atoms with Crippen LogP contribution >= 0.6 is 0 Å². The quantitative estimate of drug-likeness (QED) is 0.644. The highest BCUT2D eigenvalue weighted by Gasteiger charge is 2.17. The summed E-state index contributed by atoms with van der Waals surface area (Å²) in [5.41, 5.74) is 1.19. The number of aryl methyl sites for hydroxylation is 1. The van der Waals surface area contributed by atoms with Crippen molar-refractivity contribution in [2.75, 3.05) is 0 Å². The maximum Gasteiger partial charge on any atom is 0.0880 e. The van der Waals surface area contributed by atoms with Gasteiger partial charge in [0.25, 0.3) is 0 Å². The predicted octanol–water partition coefficient (Wildman–Crippen LogP) is 4.57. The highest BCUT2D eigenvalue weighted by Crippen LogP contribution is 2.18. The number of rotatable bonds is 8. The molecule has 0 aromatic carbocycles. The van der Waals surface area contributed by atoms with E-state index < -0.39 is 0 Å². The summed E-state index contributed by atoms with van der Waals surface area (Å²) in [4.78, 5) is 0. The largest absolute Gasteiger partial charge is 0.252 e. The van der Waals surface area contributed by atoms with Crippen molar-refractivity contribution < 1.29 is 0 Å². The first-order valence-electron chi connectivity index (χ1n) is 7.80. The molecule has 1 aromatic rings. The van der Waals surface area contributed by atoms with Gasteiger partial charge in [-0.2, -0.15) is 0 Å². The normalized spacial score (nSPS) is 12.3. The van der Waals surface area contributed by atoms with E-state index in [9.17, 15) is 0 Å². The van der Waals surface area contributed by atoms with Crippen molar-refractivity contribution in [3.05, 3.63) is 11.9 Å². The molecule has 0 atom stereocenters. The Morgan fingerprint density at radius 3 is 2.26 bits per heavy atom. The van der Waals surface area contributed by atoms with Gasteiger partial charge < -0.3 is 0 Å². The predicted molar refractivity (Wildman–Crippen MR) is 81.3 cm³/mol. The van der Waals surface area contributed by atoms with Crippen LogP contribution in [0.3, 0.4) is 0 Å². The van der Waals surface area contributed by atoms with Crippen molar-refractivity contribution in [3.8, 4) is 0 Å². The second-order valence-electron chi connectivity index (χ2n) is 7.07. The van der Waals surface area contributed by atoms with Crippen molar-refractivity contribution in [2.45, 2.75) is 85.1 Å². The second-order valence-corrected chi connectivity index (χ2v) is 7.07. The molecule has 3 nitrogen and oxygen atoms in total. The summed E-state index contributed by atoms with van der Waals surface area (Å²) < 4.78 is 1.99. The van der Waals surface area contributed by atoms with Gasteiger partial charge in [-0.05, 0) is 12.3 Å². The van der Waals surface area contributed by atoms with E-state index in [2.05, 4.69) is 51.1 Å². The molecule has 110 valence electrons. The average molecular weight is 265 g/mol. The summed E-state index contributed by atoms with van der Waals surface area (Å²) in [6.07, 6.45) is 10.1. The van der Waals surface area contributed by atoms with Crippen LogP contribution in [0.5, 0.6) is 0 Å². The fourth-order valence-corrected chi connectivity index (χ4v) is 2.11. The molecule has 1 heterocycles. The molecule has 19 heavy (non-hydrogen) atoms. The number of hydrogen-bond acceptors (Lipinski definition) is 2. The maximum absolute atomic E-state index is 4.25. The minimum Gasteiger partial charge on any atom is -0.252 e. The minimum absolute atomic E-state index is 0.106. The van der Waals surface area contributed by atoms with Crippen molar-refractivity contribution in [1.29, 1.82) is 0 Å². The fraction of sp³-hybridized carbons (Fsp3) is 0.875. The molecule has 0 aliphatic carbocycles. The summed E-state index contributed by atoms with van der Waals surface area (Å²) in [5.74, 6) is 0.853. The molecule has 3 heteroatoms. The van der Waals surface area contributed by atoms with Gasteiger partial charge >= 0.3 is 0 Å². The van der Waals surface area contributed by atoms with Crippen LogP contribution in [0.4, 0.5) is 0 Å². The lowest BCUT2D eigenvalue weighted by Crippen LogP contribution is -2.11. The molecule has 0 bridgehead atoms. The number of unbranched alkanes of at least 4 members (excludes halogenated alkanes) is 4. The Balaban J connectivity index is 2.11. The first kappa shape index (κ1) is 16.2. The van der Waals surface area contributed by atoms with Gasteiger partial charge in [-0.1, -0.05) is 71.9 Å². The van der Waals surface area contributed by atoms with Gasteiger partial charge in [0.05, 0.1) is 5.69 Å². The van der Waals surface area contributed by atoms with E-state index in [4.69, 9.17) is 0 Å². The van der Waals surface area contributed by atoms with E-state index in [0.717, 1.165) is 18.2 Å². The Morgan fingerprint density at radius 2 is 1.68 bits per heavy atom. The van der Waals surface area contributed by atoms with Crippen LogP contribution in [-0.4, -0.2) is 15.0 Å². The standard InChI is InChI=1S/C16H31N3/c1-14(2)11-9-7-6-8-10-12-19-13-15(17-18-19)16(3,4)5/h13-14H,6-12H2,1-5H3. The van der Waals surface area contributed by atoms with Gasteiger partial charge in [-0.15, -0.1) is 5.10 Å². The van der Waals surface area contributed by atoms with Crippen LogP contribution in [0, 0.1) is 5.92 Å². The SMILES string of the molecule is CC(C)CCCCCCCn1cc(C(C)(C)C)nn1. The summed E-state index contributed by atoms with van der Waals surface area (Å²) in [6, 6.07) is 0. The lowest BCUT2D eigenvalue weighted by atomic mass is 9.93. The molecule has 1 rings (SSSR count). The summed E-state index contributed by atoms with van der Waals surface area (Å²) in [5, 5.41) is 8.45. The summed E-state index contributed by atoms with van der Waals surface area (Å²) in [6.45, 7) is 12.1. The number of hydrogen-bond donors (Lipinski definition) is 0. The van der Waals surface area contributed by atoms with E-state index in [1.165, 1.54) is 38.5 Å². The van der Waals surface area contributed by atoms with Crippen molar-refractivity contribution in [3.63, 3.8) is 0 Å². The fourth-order valence-electron chi connectivity index (χ4n) is 2.11. The molecule has 0 N–H and O–H groups in total. The monoisotopic (exact) mass is 265 g/mol. The maximum atomic E-state index is 4.25. The molecule has 0 aliphatic rings. The smallest absolute Gasteiger partial charge is 0.0880 e. The van der Waals surface area contributed by atoms with Crippen molar-refractivity contribution in [1.82, 2.24) is 15.0 Å². The van der Waals surface area contributed by atoms with Gasteiger partial charge in [-0.25, -0.2) is 0 Å². The van der Waals surface area contributed by atoms with E-state index in [1.807, 2.05) is 4.68 Å². The van der Waals surface area contributed by atoms with E-state index in [1.54, 1.807) is 0 Å².